The molecule has 0 aliphatic rings. The Morgan fingerprint density at radius 1 is 0.889 bits per heavy atom. The van der Waals surface area contributed by atoms with Crippen molar-refractivity contribution in [3.63, 3.8) is 0 Å². The van der Waals surface area contributed by atoms with Crippen LogP contribution in [0, 0.1) is 9.86 Å². The van der Waals surface area contributed by atoms with E-state index in [-0.39, 0.29) is 5.60 Å². The average Bonchev–Trinajstić information content (AvgIpc) is 2.59. The molecule has 0 aliphatic carbocycles. The fraction of sp³-hybridized carbons (Fsp3) is 0.913. The van der Waals surface area contributed by atoms with E-state index in [1.165, 1.54) is 51.8 Å². The van der Waals surface area contributed by atoms with Gasteiger partial charge in [-0.15, -0.1) is 0 Å². The van der Waals surface area contributed by atoms with Crippen LogP contribution in [0.1, 0.15) is 85.5 Å². The van der Waals surface area contributed by atoms with Gasteiger partial charge in [0.25, 0.3) is 0 Å². The van der Waals surface area contributed by atoms with Gasteiger partial charge in [-0.05, 0) is 0 Å². The molecule has 0 radical (unpaired) electrons. The summed E-state index contributed by atoms with van der Waals surface area (Å²) in [6.45, 7) is 16.1. The van der Waals surface area contributed by atoms with Gasteiger partial charge in [-0.25, -0.2) is 0 Å². The summed E-state index contributed by atoms with van der Waals surface area (Å²) in [5, 5.41) is 0. The molecule has 0 fully saturated rings. The Labute approximate surface area is 181 Å². The zero-order valence-corrected chi connectivity index (χ0v) is 24.1. The number of alkyl halides is 1. The Balaban J connectivity index is 5.42. The monoisotopic (exact) mass is 522 g/mol. The molecule has 0 saturated carbocycles. The van der Waals surface area contributed by atoms with Gasteiger partial charge in [0.2, 0.25) is 0 Å². The van der Waals surface area contributed by atoms with E-state index < -0.39 is 26.7 Å². The van der Waals surface area contributed by atoms with Crippen LogP contribution in [0.3, 0.4) is 0 Å². The summed E-state index contributed by atoms with van der Waals surface area (Å²) in [5.41, 5.74) is -0.121. The summed E-state index contributed by atoms with van der Waals surface area (Å²) in [4.78, 5) is 0. The van der Waals surface area contributed by atoms with Gasteiger partial charge in [0.15, 0.2) is 0 Å². The third-order valence-electron chi connectivity index (χ3n) is 5.23. The Kier molecular flexibility index (Phi) is 15.2. The predicted molar refractivity (Wildman–Crippen MR) is 130 cm³/mol. The Hall–Kier alpha value is 0.826. The zero-order valence-electron chi connectivity index (χ0n) is 19.5. The molecule has 0 N–H and O–H groups in total. The van der Waals surface area contributed by atoms with Crippen LogP contribution < -0.4 is 0 Å². The maximum absolute atomic E-state index is 6.59. The van der Waals surface area contributed by atoms with Crippen molar-refractivity contribution >= 4 is 38.3 Å². The van der Waals surface area contributed by atoms with Crippen LogP contribution in [0.2, 0.25) is 33.0 Å². The van der Waals surface area contributed by atoms with E-state index in [1.54, 1.807) is 0 Å². The molecule has 0 amide bonds. The molecule has 0 aromatic carbocycles. The van der Waals surface area contributed by atoms with Gasteiger partial charge < -0.3 is 0 Å². The van der Waals surface area contributed by atoms with Crippen molar-refractivity contribution in [1.82, 2.24) is 0 Å². The van der Waals surface area contributed by atoms with Crippen LogP contribution in [0.5, 0.6) is 0 Å². The van der Waals surface area contributed by atoms with Crippen molar-refractivity contribution < 1.29 is 4.43 Å². The molecule has 1 unspecified atom stereocenters. The fourth-order valence-electron chi connectivity index (χ4n) is 3.88. The molecular weight excluding hydrogens is 475 g/mol. The second kappa shape index (κ2) is 14.8. The Morgan fingerprint density at radius 2 is 1.37 bits per heavy atom. The standard InChI is InChI=1S/C11H20ClOSi.3C4H9.Sn/c1-6-8-11(2,9-7-10-12)13-14(3,4)5;3*1-3-4-2;/h7-10H2,2-5H3;3*1,3-4H2,2H3;. The first-order valence-corrected chi connectivity index (χ1v) is 22.8. The third-order valence-corrected chi connectivity index (χ3v) is 19.8. The van der Waals surface area contributed by atoms with E-state index in [9.17, 15) is 0 Å². The summed E-state index contributed by atoms with van der Waals surface area (Å²) >= 11 is 3.64. The van der Waals surface area contributed by atoms with Crippen molar-refractivity contribution in [2.75, 3.05) is 5.88 Å². The summed E-state index contributed by atoms with van der Waals surface area (Å²) < 4.78 is 15.0. The summed E-state index contributed by atoms with van der Waals surface area (Å²) in [5.74, 6) is 4.44. The van der Waals surface area contributed by atoms with E-state index >= 15 is 0 Å². The molecule has 4 heteroatoms. The predicted octanol–water partition coefficient (Wildman–Crippen LogP) is 8.40. The Morgan fingerprint density at radius 3 is 1.74 bits per heavy atom. The molecule has 0 spiro atoms. The minimum atomic E-state index is -2.35. The van der Waals surface area contributed by atoms with E-state index in [0.717, 1.165) is 19.3 Å². The quantitative estimate of drug-likeness (QED) is 0.119. The van der Waals surface area contributed by atoms with E-state index in [0.29, 0.717) is 5.88 Å². The molecule has 0 aromatic rings. The van der Waals surface area contributed by atoms with E-state index in [1.807, 2.05) is 0 Å². The van der Waals surface area contributed by atoms with E-state index in [4.69, 9.17) is 16.0 Å². The maximum atomic E-state index is 6.59. The molecule has 0 heterocycles. The first-order chi connectivity index (χ1) is 12.7. The number of hydrogen-bond donors (Lipinski definition) is 0. The number of hydrogen-bond acceptors (Lipinski definition) is 1. The number of halogens is 1. The molecule has 0 bridgehead atoms. The fourth-order valence-corrected chi connectivity index (χ4v) is 19.0. The molecule has 0 rings (SSSR count). The van der Waals surface area contributed by atoms with Crippen LogP contribution in [0.4, 0.5) is 0 Å². The van der Waals surface area contributed by atoms with Crippen molar-refractivity contribution in [2.24, 2.45) is 0 Å². The van der Waals surface area contributed by atoms with E-state index in [2.05, 4.69) is 57.2 Å². The molecule has 0 saturated heterocycles. The van der Waals surface area contributed by atoms with Crippen molar-refractivity contribution in [3.05, 3.63) is 0 Å². The molecular formula is C23H47ClOSiSn. The molecule has 27 heavy (non-hydrogen) atoms. The van der Waals surface area contributed by atoms with Crippen LogP contribution in [-0.4, -0.2) is 38.2 Å². The van der Waals surface area contributed by atoms with Crippen LogP contribution in [-0.2, 0) is 4.43 Å². The van der Waals surface area contributed by atoms with Crippen LogP contribution in [0.25, 0.3) is 0 Å². The normalized spacial score (nSPS) is 14.5. The van der Waals surface area contributed by atoms with Gasteiger partial charge in [-0.2, -0.15) is 0 Å². The second-order valence-electron chi connectivity index (χ2n) is 9.53. The van der Waals surface area contributed by atoms with Gasteiger partial charge in [-0.3, -0.25) is 0 Å². The first-order valence-electron chi connectivity index (χ1n) is 11.4. The van der Waals surface area contributed by atoms with Gasteiger partial charge in [0.05, 0.1) is 0 Å². The summed E-state index contributed by atoms with van der Waals surface area (Å²) in [6, 6.07) is 0. The molecule has 0 aliphatic heterocycles. The summed E-state index contributed by atoms with van der Waals surface area (Å²) in [6.07, 6.45) is 11.0. The third kappa shape index (κ3) is 13.6. The number of rotatable bonds is 15. The number of unbranched alkanes of at least 4 members (excludes halogenated alkanes) is 3. The molecule has 1 atom stereocenters. The molecule has 160 valence electrons. The molecule has 1 nitrogen and oxygen atoms in total. The minimum absolute atomic E-state index is 0.121. The van der Waals surface area contributed by atoms with Crippen molar-refractivity contribution in [2.45, 2.75) is 124 Å². The summed E-state index contributed by atoms with van der Waals surface area (Å²) in [7, 11) is -1.60. The zero-order chi connectivity index (χ0) is 20.8. The second-order valence-corrected chi connectivity index (χ2v) is 26.6. The van der Waals surface area contributed by atoms with Crippen molar-refractivity contribution in [1.29, 1.82) is 0 Å². The first kappa shape index (κ1) is 27.8. The van der Waals surface area contributed by atoms with Crippen LogP contribution in [0.15, 0.2) is 0 Å². The van der Waals surface area contributed by atoms with Gasteiger partial charge in [0, 0.05) is 0 Å². The molecule has 0 aromatic heterocycles. The SMILES string of the molecule is CCC[CH2][Sn]([C]#CCC(C)(CCCCl)O[Si](C)(C)C)([CH2]CCC)[CH2]CCC. The Bertz CT molecular complexity index is 416. The average molecular weight is 522 g/mol. The topological polar surface area (TPSA) is 9.23 Å². The van der Waals surface area contributed by atoms with Crippen LogP contribution >= 0.6 is 11.6 Å². The van der Waals surface area contributed by atoms with Gasteiger partial charge >= 0.3 is 182 Å². The van der Waals surface area contributed by atoms with Gasteiger partial charge in [0.1, 0.15) is 0 Å². The van der Waals surface area contributed by atoms with Gasteiger partial charge in [-0.1, -0.05) is 0 Å². The van der Waals surface area contributed by atoms with Crippen molar-refractivity contribution in [3.8, 4) is 9.86 Å².